The monoisotopic (exact) mass is 407 g/mol. The summed E-state index contributed by atoms with van der Waals surface area (Å²) in [5.41, 5.74) is 8.87. The molecule has 0 saturated heterocycles. The van der Waals surface area contributed by atoms with Gasteiger partial charge in [0.15, 0.2) is 11.6 Å². The van der Waals surface area contributed by atoms with E-state index < -0.39 is 11.5 Å². The van der Waals surface area contributed by atoms with Crippen molar-refractivity contribution < 1.29 is 9.13 Å². The minimum Gasteiger partial charge on any atom is -0.496 e. The number of benzene rings is 1. The second-order valence-electron chi connectivity index (χ2n) is 6.94. The molecule has 0 radical (unpaired) electrons. The molecule has 10 heteroatoms. The molecule has 9 nitrogen and oxygen atoms in total. The first kappa shape index (κ1) is 18.1. The van der Waals surface area contributed by atoms with Crippen LogP contribution in [0.5, 0.6) is 5.75 Å². The van der Waals surface area contributed by atoms with E-state index in [-0.39, 0.29) is 5.82 Å². The lowest BCUT2D eigenvalue weighted by Crippen LogP contribution is -2.33. The number of hydrogen-bond acceptors (Lipinski definition) is 7. The number of nitrogens with one attached hydrogen (secondary N) is 2. The first-order chi connectivity index (χ1) is 14.5. The van der Waals surface area contributed by atoms with Gasteiger partial charge >= 0.3 is 5.69 Å². The number of aromatic nitrogens is 4. The molecule has 1 aliphatic heterocycles. The van der Waals surface area contributed by atoms with Crippen molar-refractivity contribution in [3.8, 4) is 11.6 Å². The van der Waals surface area contributed by atoms with Gasteiger partial charge in [0.1, 0.15) is 5.75 Å². The number of methoxy groups -OCH3 is 1. The molecule has 0 unspecified atom stereocenters. The van der Waals surface area contributed by atoms with Crippen molar-refractivity contribution in [3.05, 3.63) is 64.7 Å². The summed E-state index contributed by atoms with van der Waals surface area (Å²) in [6.07, 6.45) is 4.92. The fourth-order valence-electron chi connectivity index (χ4n) is 3.69. The third-order valence-corrected chi connectivity index (χ3v) is 5.14. The van der Waals surface area contributed by atoms with E-state index in [0.29, 0.717) is 27.7 Å². The number of pyridine rings is 2. The Hall–Kier alpha value is -3.92. The number of aryl methyl sites for hydroxylation is 1. The Labute approximate surface area is 170 Å². The molecule has 4 aromatic rings. The van der Waals surface area contributed by atoms with Crippen LogP contribution in [0.1, 0.15) is 5.56 Å². The molecule has 0 fully saturated rings. The topological polar surface area (TPSA) is 89.2 Å². The molecule has 30 heavy (non-hydrogen) atoms. The lowest BCUT2D eigenvalue weighted by atomic mass is 10.1. The minimum atomic E-state index is -0.586. The second kappa shape index (κ2) is 6.56. The van der Waals surface area contributed by atoms with Gasteiger partial charge in [0.05, 0.1) is 35.6 Å². The van der Waals surface area contributed by atoms with Gasteiger partial charge in [0.2, 0.25) is 0 Å². The Balaban J connectivity index is 1.92. The number of rotatable bonds is 3. The molecule has 0 bridgehead atoms. The molecule has 0 spiro atoms. The summed E-state index contributed by atoms with van der Waals surface area (Å²) in [4.78, 5) is 21.6. The molecular formula is C20H18FN7O2. The molecule has 2 N–H and O–H groups in total. The van der Waals surface area contributed by atoms with E-state index in [1.807, 2.05) is 19.3 Å². The van der Waals surface area contributed by atoms with Crippen LogP contribution in [0.3, 0.4) is 0 Å². The molecule has 0 atom stereocenters. The zero-order valence-corrected chi connectivity index (χ0v) is 16.5. The number of hydrogen-bond donors (Lipinski definition) is 2. The normalized spacial score (nSPS) is 13.7. The predicted octanol–water partition coefficient (Wildman–Crippen LogP) is 1.67. The molecular weight excluding hydrogens is 389 g/mol. The summed E-state index contributed by atoms with van der Waals surface area (Å²) in [6, 6.07) is 6.43. The Morgan fingerprint density at radius 3 is 2.73 bits per heavy atom. The lowest BCUT2D eigenvalue weighted by Gasteiger charge is -2.12. The summed E-state index contributed by atoms with van der Waals surface area (Å²) < 4.78 is 22.9. The molecule has 0 amide bonds. The highest BCUT2D eigenvalue weighted by Crippen LogP contribution is 2.34. The van der Waals surface area contributed by atoms with Crippen LogP contribution in [0.15, 0.2) is 47.7 Å². The lowest BCUT2D eigenvalue weighted by molar-refractivity contribution is 0.330. The number of ether oxygens (including phenoxy) is 1. The van der Waals surface area contributed by atoms with Gasteiger partial charge in [0.25, 0.3) is 0 Å². The van der Waals surface area contributed by atoms with Gasteiger partial charge in [-0.1, -0.05) is 0 Å². The summed E-state index contributed by atoms with van der Waals surface area (Å²) in [7, 11) is 5.06. The highest BCUT2D eigenvalue weighted by atomic mass is 19.1. The Bertz CT molecular complexity index is 1410. The number of imidazole rings is 1. The van der Waals surface area contributed by atoms with Crippen LogP contribution in [0.25, 0.3) is 33.5 Å². The van der Waals surface area contributed by atoms with Crippen molar-refractivity contribution in [1.82, 2.24) is 35.1 Å². The SMILES string of the molecule is COc1cc2ncc3c(c2cc1C1=CN(C)NN1)n(-c1ncccc1F)c(=O)n3C. The molecule has 0 aliphatic carbocycles. The van der Waals surface area contributed by atoms with Gasteiger partial charge < -0.3 is 10.2 Å². The largest absolute Gasteiger partial charge is 0.496 e. The van der Waals surface area contributed by atoms with Crippen molar-refractivity contribution in [1.29, 1.82) is 0 Å². The Morgan fingerprint density at radius 2 is 2.03 bits per heavy atom. The maximum absolute atomic E-state index is 14.6. The van der Waals surface area contributed by atoms with E-state index in [9.17, 15) is 9.18 Å². The van der Waals surface area contributed by atoms with Gasteiger partial charge in [-0.25, -0.2) is 18.7 Å². The quantitative estimate of drug-likeness (QED) is 0.534. The van der Waals surface area contributed by atoms with Crippen LogP contribution in [-0.4, -0.2) is 38.3 Å². The first-order valence-electron chi connectivity index (χ1n) is 9.15. The molecule has 4 heterocycles. The maximum Gasteiger partial charge on any atom is 0.334 e. The van der Waals surface area contributed by atoms with E-state index in [2.05, 4.69) is 20.9 Å². The highest BCUT2D eigenvalue weighted by molar-refractivity contribution is 6.05. The highest BCUT2D eigenvalue weighted by Gasteiger charge is 2.22. The summed E-state index contributed by atoms with van der Waals surface area (Å²) >= 11 is 0. The van der Waals surface area contributed by atoms with Crippen LogP contribution in [0, 0.1) is 5.82 Å². The molecule has 0 saturated carbocycles. The van der Waals surface area contributed by atoms with Gasteiger partial charge in [-0.05, 0) is 18.2 Å². The van der Waals surface area contributed by atoms with Crippen LogP contribution in [0.2, 0.25) is 0 Å². The summed E-state index contributed by atoms with van der Waals surface area (Å²) in [5, 5.41) is 2.43. The van der Waals surface area contributed by atoms with Crippen molar-refractivity contribution in [2.45, 2.75) is 0 Å². The molecule has 3 aromatic heterocycles. The first-order valence-corrected chi connectivity index (χ1v) is 9.15. The van der Waals surface area contributed by atoms with Crippen molar-refractivity contribution in [2.75, 3.05) is 14.2 Å². The smallest absolute Gasteiger partial charge is 0.334 e. The van der Waals surface area contributed by atoms with Gasteiger partial charge in [0, 0.05) is 43.5 Å². The van der Waals surface area contributed by atoms with E-state index in [1.165, 1.54) is 27.5 Å². The van der Waals surface area contributed by atoms with Crippen LogP contribution < -0.4 is 21.4 Å². The minimum absolute atomic E-state index is 0.0578. The molecule has 1 aliphatic rings. The van der Waals surface area contributed by atoms with Crippen molar-refractivity contribution in [3.63, 3.8) is 0 Å². The van der Waals surface area contributed by atoms with E-state index in [0.717, 1.165) is 11.3 Å². The van der Waals surface area contributed by atoms with Gasteiger partial charge in [-0.15, -0.1) is 5.53 Å². The zero-order valence-electron chi connectivity index (χ0n) is 16.5. The maximum atomic E-state index is 14.6. The van der Waals surface area contributed by atoms with Crippen LogP contribution in [0.4, 0.5) is 4.39 Å². The molecule has 1 aromatic carbocycles. The third-order valence-electron chi connectivity index (χ3n) is 5.14. The van der Waals surface area contributed by atoms with Crippen LogP contribution >= 0.6 is 0 Å². The zero-order chi connectivity index (χ0) is 21.0. The molecule has 152 valence electrons. The second-order valence-corrected chi connectivity index (χ2v) is 6.94. The fraction of sp³-hybridized carbons (Fsp3) is 0.150. The number of hydrazine groups is 2. The van der Waals surface area contributed by atoms with Crippen molar-refractivity contribution >= 4 is 27.6 Å². The average molecular weight is 407 g/mol. The predicted molar refractivity (Wildman–Crippen MR) is 110 cm³/mol. The van der Waals surface area contributed by atoms with Gasteiger partial charge in [-0.3, -0.25) is 14.6 Å². The Kier molecular flexibility index (Phi) is 3.97. The summed E-state index contributed by atoms with van der Waals surface area (Å²) in [6.45, 7) is 0. The van der Waals surface area contributed by atoms with Crippen molar-refractivity contribution in [2.24, 2.45) is 7.05 Å². The number of fused-ring (bicyclic) bond motifs is 3. The van der Waals surface area contributed by atoms with E-state index in [1.54, 1.807) is 31.4 Å². The third kappa shape index (κ3) is 2.54. The average Bonchev–Trinajstić information content (AvgIpc) is 3.29. The van der Waals surface area contributed by atoms with Crippen LogP contribution in [-0.2, 0) is 7.05 Å². The van der Waals surface area contributed by atoms with Gasteiger partial charge in [-0.2, -0.15) is 0 Å². The molecule has 5 rings (SSSR count). The number of nitrogens with zero attached hydrogens (tertiary/aromatic N) is 5. The van der Waals surface area contributed by atoms with E-state index in [4.69, 9.17) is 4.74 Å². The number of halogens is 1. The Morgan fingerprint density at radius 1 is 1.20 bits per heavy atom. The standard InChI is InChI=1S/C20H18FN7O2/c1-26-10-15(24-25-26)11-7-12-14(8-17(11)30-3)23-9-16-18(12)28(20(29)27(16)2)19-13(21)5-4-6-22-19/h4-10,24-25H,1-3H3. The summed E-state index contributed by atoms with van der Waals surface area (Å²) in [5.74, 6) is -0.0339. The van der Waals surface area contributed by atoms with E-state index >= 15 is 0 Å². The fourth-order valence-corrected chi connectivity index (χ4v) is 3.69.